The van der Waals surface area contributed by atoms with Gasteiger partial charge in [-0.3, -0.25) is 14.7 Å². The van der Waals surface area contributed by atoms with Crippen molar-refractivity contribution in [2.24, 2.45) is 5.92 Å². The number of aromatic nitrogens is 10. The summed E-state index contributed by atoms with van der Waals surface area (Å²) in [6, 6.07) is 15.2. The third-order valence-electron chi connectivity index (χ3n) is 15.2. The van der Waals surface area contributed by atoms with Gasteiger partial charge in [0, 0.05) is 60.6 Å². The molecule has 416 valence electrons. The first-order chi connectivity index (χ1) is 38.7. The van der Waals surface area contributed by atoms with Gasteiger partial charge in [0.25, 0.3) is 0 Å². The van der Waals surface area contributed by atoms with Crippen molar-refractivity contribution in [3.8, 4) is 39.8 Å². The number of rotatable bonds is 20. The number of β-amino-alcohol motifs (C(OH)–C–C–N with tert-alkyl or cyclic N) is 1. The van der Waals surface area contributed by atoms with E-state index >= 15 is 4.39 Å². The lowest BCUT2D eigenvalue weighted by Crippen LogP contribution is -2.56. The molecule has 3 amide bonds. The van der Waals surface area contributed by atoms with Gasteiger partial charge in [-0.25, -0.2) is 23.5 Å². The number of hydrogen-bond donors (Lipinski definition) is 6. The zero-order chi connectivity index (χ0) is 55.9. The number of aromatic amines is 1. The quantitative estimate of drug-likeness (QED) is 0.0502. The van der Waals surface area contributed by atoms with Gasteiger partial charge in [0.1, 0.15) is 60.8 Å². The fourth-order valence-electron chi connectivity index (χ4n) is 10.5. The molecule has 4 aromatic heterocycles. The average Bonchev–Trinajstić information content (AvgIpc) is 3.94. The van der Waals surface area contributed by atoms with E-state index < -0.39 is 54.6 Å². The second-order valence-corrected chi connectivity index (χ2v) is 21.1. The molecule has 24 heteroatoms. The van der Waals surface area contributed by atoms with E-state index in [9.17, 15) is 29.7 Å². The van der Waals surface area contributed by atoms with Gasteiger partial charge in [0.2, 0.25) is 11.8 Å². The SMILES string of the molecule is CO[C@@H](C)COc1nc(NC2CN(C(=O)O)C2)c2cc(C3CC3)c(-c3c(C)c(F)cc4[nH]ncc34)c(OCc3ccc(-c4cn([C@H](C(=O)N5C[C@H](O)C[C@H]5C(=O)N[C@@H](CO)c5ccc(-n6cncn6)cc5)C(C)C)nn4)cc3)c2n1. The predicted octanol–water partition coefficient (Wildman–Crippen LogP) is 6.11. The summed E-state index contributed by atoms with van der Waals surface area (Å²) in [6.07, 6.45) is 5.88. The third-order valence-corrected chi connectivity index (χ3v) is 15.2. The first-order valence-corrected chi connectivity index (χ1v) is 26.6. The molecule has 1 saturated carbocycles. The van der Waals surface area contributed by atoms with Gasteiger partial charge in [0.15, 0.2) is 5.75 Å². The van der Waals surface area contributed by atoms with Crippen molar-refractivity contribution in [2.75, 3.05) is 45.3 Å². The number of nitrogens with zero attached hydrogens (tertiary/aromatic N) is 11. The molecule has 0 bridgehead atoms. The van der Waals surface area contributed by atoms with E-state index in [2.05, 4.69) is 41.2 Å². The van der Waals surface area contributed by atoms with Crippen molar-refractivity contribution in [1.82, 2.24) is 65.0 Å². The Labute approximate surface area is 458 Å². The molecule has 80 heavy (non-hydrogen) atoms. The Morgan fingerprint density at radius 1 is 0.963 bits per heavy atom. The van der Waals surface area contributed by atoms with Gasteiger partial charge in [-0.05, 0) is 85.0 Å². The molecule has 5 atom stereocenters. The molecule has 0 unspecified atom stereocenters. The Hall–Kier alpha value is -8.61. The fourth-order valence-corrected chi connectivity index (χ4v) is 10.5. The summed E-state index contributed by atoms with van der Waals surface area (Å²) in [7, 11) is 1.58. The van der Waals surface area contributed by atoms with Gasteiger partial charge in [-0.2, -0.15) is 20.2 Å². The number of ether oxygens (including phenoxy) is 3. The number of nitrogens with one attached hydrogen (secondary N) is 3. The highest BCUT2D eigenvalue weighted by Gasteiger charge is 2.43. The number of benzene rings is 4. The molecule has 0 spiro atoms. The van der Waals surface area contributed by atoms with Crippen molar-refractivity contribution >= 4 is 45.5 Å². The van der Waals surface area contributed by atoms with Crippen molar-refractivity contribution in [3.63, 3.8) is 0 Å². The number of aliphatic hydroxyl groups is 2. The first-order valence-electron chi connectivity index (χ1n) is 26.6. The van der Waals surface area contributed by atoms with Gasteiger partial charge < -0.3 is 50.0 Å². The summed E-state index contributed by atoms with van der Waals surface area (Å²) >= 11 is 0. The maximum Gasteiger partial charge on any atom is 0.407 e. The lowest BCUT2D eigenvalue weighted by atomic mass is 9.88. The van der Waals surface area contributed by atoms with Crippen LogP contribution in [0.5, 0.6) is 11.8 Å². The Morgan fingerprint density at radius 3 is 2.42 bits per heavy atom. The fraction of sp³-hybridized carbons (Fsp3) is 0.393. The summed E-state index contributed by atoms with van der Waals surface area (Å²) in [5, 5.41) is 58.8. The molecule has 2 saturated heterocycles. The number of carbonyl (C=O) groups excluding carboxylic acids is 2. The molecule has 6 N–H and O–H groups in total. The summed E-state index contributed by atoms with van der Waals surface area (Å²) in [4.78, 5) is 56.7. The number of aliphatic hydroxyl groups excluding tert-OH is 2. The van der Waals surface area contributed by atoms with Crippen molar-refractivity contribution < 1.29 is 48.3 Å². The summed E-state index contributed by atoms with van der Waals surface area (Å²) in [5.74, 6) is -0.725. The van der Waals surface area contributed by atoms with Crippen LogP contribution in [0.3, 0.4) is 0 Å². The number of halogens is 1. The number of amides is 3. The Balaban J connectivity index is 0.870. The predicted molar refractivity (Wildman–Crippen MR) is 289 cm³/mol. The van der Waals surface area contributed by atoms with Gasteiger partial charge in [0.05, 0.1) is 54.5 Å². The minimum absolute atomic E-state index is 0.0118. The number of hydrogen-bond acceptors (Lipinski definition) is 16. The van der Waals surface area contributed by atoms with Crippen LogP contribution in [-0.2, 0) is 20.9 Å². The van der Waals surface area contributed by atoms with E-state index in [0.29, 0.717) is 66.9 Å². The number of likely N-dealkylation sites (tertiary alicyclic amines) is 2. The molecular formula is C56H61FN14O9. The van der Waals surface area contributed by atoms with Crippen LogP contribution < -0.4 is 20.1 Å². The van der Waals surface area contributed by atoms with Crippen LogP contribution in [0.4, 0.5) is 15.0 Å². The monoisotopic (exact) mass is 1090 g/mol. The standard InChI is InChI=1S/C56H61FN14O9/c1-29(2)50(54(75)69-22-38(73)16-46(69)53(74)62-45(24-72)35-12-14-37(15-13-35)71-28-58-27-60-71)70-23-44(66-67-70)34-8-6-32(7-9-34)26-79-51-48(47-31(4)42(57)18-43-41(47)19-59-65-43)39(33-10-11-33)17-40-49(51)63-55(80-25-30(3)78-5)64-52(40)61-36-20-68(21-36)56(76)77/h6-9,12-15,17-19,23,27-30,33,36,38,45-46,50,72-73H,10-11,16,20-22,24-26H2,1-5H3,(H,59,65)(H,62,74)(H,76,77)(H,61,63,64)/t30-,38+,45-,46-,50-/m0/s1. The smallest absolute Gasteiger partial charge is 0.407 e. The highest BCUT2D eigenvalue weighted by molar-refractivity contribution is 6.06. The van der Waals surface area contributed by atoms with E-state index in [1.165, 1.54) is 26.9 Å². The molecule has 3 fully saturated rings. The molecule has 11 rings (SSSR count). The molecule has 8 aromatic rings. The Kier molecular flexibility index (Phi) is 14.9. The molecule has 0 radical (unpaired) electrons. The topological polar surface area (TPSA) is 286 Å². The molecule has 1 aliphatic carbocycles. The number of methoxy groups -OCH3 is 1. The van der Waals surface area contributed by atoms with Crippen LogP contribution >= 0.6 is 0 Å². The van der Waals surface area contributed by atoms with Gasteiger partial charge >= 0.3 is 12.1 Å². The summed E-state index contributed by atoms with van der Waals surface area (Å²) in [6.45, 7) is 7.53. The number of carboxylic acid groups (broad SMARTS) is 1. The molecule has 23 nitrogen and oxygen atoms in total. The molecule has 6 heterocycles. The van der Waals surface area contributed by atoms with E-state index in [4.69, 9.17) is 24.2 Å². The van der Waals surface area contributed by atoms with E-state index in [0.717, 1.165) is 29.7 Å². The zero-order valence-electron chi connectivity index (χ0n) is 44.7. The van der Waals surface area contributed by atoms with Gasteiger partial charge in [-0.15, -0.1) is 5.10 Å². The lowest BCUT2D eigenvalue weighted by molar-refractivity contribution is -0.142. The minimum Gasteiger partial charge on any atom is -0.486 e. The summed E-state index contributed by atoms with van der Waals surface area (Å²) in [5.41, 5.74) is 6.85. The van der Waals surface area contributed by atoms with E-state index in [-0.39, 0.29) is 69.3 Å². The second kappa shape index (κ2) is 22.3. The Morgan fingerprint density at radius 2 is 1.74 bits per heavy atom. The maximum atomic E-state index is 16.0. The molecule has 4 aromatic carbocycles. The van der Waals surface area contributed by atoms with Crippen molar-refractivity contribution in [2.45, 2.75) is 95.9 Å². The zero-order valence-corrected chi connectivity index (χ0v) is 44.7. The largest absolute Gasteiger partial charge is 0.486 e. The van der Waals surface area contributed by atoms with Crippen LogP contribution in [0.25, 0.3) is 49.9 Å². The number of fused-ring (bicyclic) bond motifs is 2. The van der Waals surface area contributed by atoms with E-state index in [1.54, 1.807) is 61.7 Å². The first kappa shape index (κ1) is 53.4. The highest BCUT2D eigenvalue weighted by Crippen LogP contribution is 2.53. The maximum absolute atomic E-state index is 16.0. The van der Waals surface area contributed by atoms with Crippen molar-refractivity contribution in [1.29, 1.82) is 0 Å². The molecule has 3 aliphatic rings. The third kappa shape index (κ3) is 10.7. The number of H-pyrrole nitrogens is 1. The van der Waals surface area contributed by atoms with Crippen LogP contribution in [0.1, 0.15) is 80.3 Å². The Bertz CT molecular complexity index is 3570. The van der Waals surface area contributed by atoms with Gasteiger partial charge in [-0.1, -0.05) is 55.5 Å². The molecular weight excluding hydrogens is 1030 g/mol. The normalized spacial score (nSPS) is 17.7. The number of anilines is 1. The number of carbonyl (C=O) groups is 3. The van der Waals surface area contributed by atoms with Crippen molar-refractivity contribution in [3.05, 3.63) is 114 Å². The highest BCUT2D eigenvalue weighted by atomic mass is 19.1. The average molecular weight is 1090 g/mol. The van der Waals surface area contributed by atoms with Crippen LogP contribution in [-0.4, -0.2) is 157 Å². The minimum atomic E-state index is -1.01. The summed E-state index contributed by atoms with van der Waals surface area (Å²) < 4.78 is 37.7. The molecule has 2 aliphatic heterocycles. The van der Waals surface area contributed by atoms with Crippen LogP contribution in [0.15, 0.2) is 85.7 Å². The second-order valence-electron chi connectivity index (χ2n) is 21.1. The van der Waals surface area contributed by atoms with E-state index in [1.807, 2.05) is 51.1 Å². The van der Waals surface area contributed by atoms with Crippen LogP contribution in [0, 0.1) is 18.7 Å². The lowest BCUT2D eigenvalue weighted by Gasteiger charge is -2.37. The van der Waals surface area contributed by atoms with Crippen LogP contribution in [0.2, 0.25) is 0 Å².